The Hall–Kier alpha value is 0.274. The van der Waals surface area contributed by atoms with Crippen molar-refractivity contribution < 1.29 is 18.3 Å². The maximum atomic E-state index is 6.88. The predicted molar refractivity (Wildman–Crippen MR) is 108 cm³/mol. The van der Waals surface area contributed by atoms with Crippen LogP contribution in [0.15, 0.2) is 0 Å². The molecule has 4 nitrogen and oxygen atoms in total. The van der Waals surface area contributed by atoms with Gasteiger partial charge in [0.05, 0.1) is 18.8 Å². The average Bonchev–Trinajstić information content (AvgIpc) is 2.84. The summed E-state index contributed by atoms with van der Waals surface area (Å²) in [7, 11) is -3.85. The highest BCUT2D eigenvalue weighted by atomic mass is 28.4. The van der Waals surface area contributed by atoms with E-state index < -0.39 is 16.6 Å². The molecule has 0 aliphatic carbocycles. The molecular weight excluding hydrogens is 348 g/mol. The second kappa shape index (κ2) is 6.71. The second-order valence-corrected chi connectivity index (χ2v) is 20.4. The van der Waals surface area contributed by atoms with Crippen LogP contribution in [0.2, 0.25) is 36.3 Å². The minimum atomic E-state index is -1.95. The summed E-state index contributed by atoms with van der Waals surface area (Å²) < 4.78 is 25.8. The molecule has 0 aromatic carbocycles. The van der Waals surface area contributed by atoms with Crippen LogP contribution in [-0.2, 0) is 18.3 Å². The molecule has 2 aliphatic rings. The molecule has 0 amide bonds. The van der Waals surface area contributed by atoms with Crippen LogP contribution in [0, 0.1) is 5.92 Å². The summed E-state index contributed by atoms with van der Waals surface area (Å²) in [5, 5.41) is 0.319. The van der Waals surface area contributed by atoms with Crippen molar-refractivity contribution in [1.82, 2.24) is 0 Å². The van der Waals surface area contributed by atoms with Gasteiger partial charge < -0.3 is 18.3 Å². The van der Waals surface area contributed by atoms with E-state index in [2.05, 4.69) is 74.7 Å². The maximum absolute atomic E-state index is 6.88. The predicted octanol–water partition coefficient (Wildman–Crippen LogP) is 5.16. The molecule has 148 valence electrons. The highest BCUT2D eigenvalue weighted by molar-refractivity contribution is 6.74. The second-order valence-electron chi connectivity index (χ2n) is 10.9. The molecule has 2 unspecified atom stereocenters. The van der Waals surface area contributed by atoms with Gasteiger partial charge in [-0.2, -0.15) is 0 Å². The fraction of sp³-hybridized carbons (Fsp3) is 1.00. The Morgan fingerprint density at radius 1 is 0.800 bits per heavy atom. The summed E-state index contributed by atoms with van der Waals surface area (Å²) in [5.74, 6) is 0.280. The fourth-order valence-electron chi connectivity index (χ4n) is 2.89. The molecule has 2 aliphatic heterocycles. The molecule has 5 atom stereocenters. The van der Waals surface area contributed by atoms with Crippen molar-refractivity contribution in [2.75, 3.05) is 6.61 Å². The van der Waals surface area contributed by atoms with Gasteiger partial charge >= 0.3 is 0 Å². The fourth-order valence-corrected chi connectivity index (χ4v) is 5.55. The van der Waals surface area contributed by atoms with Crippen LogP contribution in [0.5, 0.6) is 0 Å². The van der Waals surface area contributed by atoms with Crippen molar-refractivity contribution in [3.05, 3.63) is 0 Å². The molecule has 25 heavy (non-hydrogen) atoms. The first-order valence-corrected chi connectivity index (χ1v) is 15.5. The highest BCUT2D eigenvalue weighted by Gasteiger charge is 2.55. The Kier molecular flexibility index (Phi) is 5.79. The number of hydrogen-bond donors (Lipinski definition) is 0. The Balaban J connectivity index is 2.30. The van der Waals surface area contributed by atoms with Gasteiger partial charge in [-0.1, -0.05) is 48.5 Å². The van der Waals surface area contributed by atoms with Crippen LogP contribution >= 0.6 is 0 Å². The highest BCUT2D eigenvalue weighted by Crippen LogP contribution is 2.45. The lowest BCUT2D eigenvalue weighted by Crippen LogP contribution is -2.60. The first-order chi connectivity index (χ1) is 11.1. The number of hydrogen-bond acceptors (Lipinski definition) is 4. The van der Waals surface area contributed by atoms with E-state index in [-0.39, 0.29) is 40.6 Å². The van der Waals surface area contributed by atoms with Crippen molar-refractivity contribution in [2.45, 2.75) is 109 Å². The smallest absolute Gasteiger partial charge is 0.192 e. The summed E-state index contributed by atoms with van der Waals surface area (Å²) in [6, 6.07) is 0. The Labute approximate surface area is 157 Å². The van der Waals surface area contributed by atoms with Gasteiger partial charge in [0.1, 0.15) is 6.10 Å². The van der Waals surface area contributed by atoms with Gasteiger partial charge in [-0.05, 0) is 36.3 Å². The topological polar surface area (TPSA) is 36.9 Å². The summed E-state index contributed by atoms with van der Waals surface area (Å²) in [5.41, 5.74) is 0. The first kappa shape index (κ1) is 21.6. The molecule has 0 radical (unpaired) electrons. The van der Waals surface area contributed by atoms with Crippen molar-refractivity contribution in [3.8, 4) is 0 Å². The largest absolute Gasteiger partial charge is 0.411 e. The van der Waals surface area contributed by atoms with Gasteiger partial charge in [-0.25, -0.2) is 0 Å². The molecule has 2 rings (SSSR count). The van der Waals surface area contributed by atoms with E-state index in [1.807, 2.05) is 0 Å². The average molecular weight is 389 g/mol. The third-order valence-corrected chi connectivity index (χ3v) is 15.9. The molecule has 0 spiro atoms. The van der Waals surface area contributed by atoms with E-state index in [9.17, 15) is 0 Å². The van der Waals surface area contributed by atoms with Gasteiger partial charge in [-0.3, -0.25) is 0 Å². The summed E-state index contributed by atoms with van der Waals surface area (Å²) in [6.45, 7) is 25.8. The Morgan fingerprint density at radius 3 is 1.68 bits per heavy atom. The lowest BCUT2D eigenvalue weighted by Gasteiger charge is -2.49. The zero-order valence-corrected chi connectivity index (χ0v) is 20.2. The lowest BCUT2D eigenvalue weighted by molar-refractivity contribution is -0.201. The van der Waals surface area contributed by atoms with Gasteiger partial charge in [0.25, 0.3) is 0 Å². The van der Waals surface area contributed by atoms with Crippen molar-refractivity contribution in [3.63, 3.8) is 0 Å². The van der Waals surface area contributed by atoms with Crippen LogP contribution in [0.4, 0.5) is 0 Å². The van der Waals surface area contributed by atoms with E-state index >= 15 is 0 Å². The van der Waals surface area contributed by atoms with Crippen LogP contribution in [-0.4, -0.2) is 47.8 Å². The van der Waals surface area contributed by atoms with Gasteiger partial charge in [0.2, 0.25) is 0 Å². The van der Waals surface area contributed by atoms with E-state index in [1.54, 1.807) is 0 Å². The minimum Gasteiger partial charge on any atom is -0.411 e. The number of rotatable bonds is 4. The molecular formula is C19H40O4Si2. The SMILES string of the molecule is CC1[C@H](O[Si](C)(C)C(C)(C)C)C(O[Si](C)(C)C(C)(C)C)[C@@H]2OC[C@H]1O2. The third kappa shape index (κ3) is 4.24. The van der Waals surface area contributed by atoms with Gasteiger partial charge in [0.15, 0.2) is 22.9 Å². The van der Waals surface area contributed by atoms with Crippen LogP contribution in [0.3, 0.4) is 0 Å². The van der Waals surface area contributed by atoms with Crippen LogP contribution < -0.4 is 0 Å². The monoisotopic (exact) mass is 388 g/mol. The third-order valence-electron chi connectivity index (χ3n) is 6.90. The number of ether oxygens (including phenoxy) is 2. The summed E-state index contributed by atoms with van der Waals surface area (Å²) in [6.07, 6.45) is -0.255. The Morgan fingerprint density at radius 2 is 1.24 bits per heavy atom. The van der Waals surface area contributed by atoms with Crippen molar-refractivity contribution >= 4 is 16.6 Å². The van der Waals surface area contributed by atoms with Crippen molar-refractivity contribution in [2.24, 2.45) is 5.92 Å². The summed E-state index contributed by atoms with van der Waals surface area (Å²) >= 11 is 0. The van der Waals surface area contributed by atoms with Crippen molar-refractivity contribution in [1.29, 1.82) is 0 Å². The molecule has 6 heteroatoms. The van der Waals surface area contributed by atoms with Gasteiger partial charge in [0, 0.05) is 5.92 Å². The van der Waals surface area contributed by atoms with Gasteiger partial charge in [-0.15, -0.1) is 0 Å². The standard InChI is InChI=1S/C19H40O4Si2/c1-13-14-12-20-17(21-14)16(23-25(10,11)19(5,6)7)15(13)22-24(8,9)18(2,3)4/h13-17H,12H2,1-11H3/t13?,14-,15+,16?,17-/m1/s1. The molecule has 0 N–H and O–H groups in total. The Bertz CT molecular complexity index is 451. The van der Waals surface area contributed by atoms with Crippen LogP contribution in [0.25, 0.3) is 0 Å². The van der Waals surface area contributed by atoms with Crippen LogP contribution in [0.1, 0.15) is 48.5 Å². The number of fused-ring (bicyclic) bond motifs is 2. The molecule has 2 heterocycles. The van der Waals surface area contributed by atoms with E-state index in [0.717, 1.165) is 0 Å². The molecule has 0 aromatic heterocycles. The minimum absolute atomic E-state index is 0.0428. The molecule has 2 bridgehead atoms. The first-order valence-electron chi connectivity index (χ1n) is 9.69. The quantitative estimate of drug-likeness (QED) is 0.623. The normalized spacial score (nSPS) is 34.4. The molecule has 0 saturated carbocycles. The lowest BCUT2D eigenvalue weighted by atomic mass is 9.93. The maximum Gasteiger partial charge on any atom is 0.192 e. The molecule has 0 aromatic rings. The molecule has 2 fully saturated rings. The summed E-state index contributed by atoms with van der Waals surface area (Å²) in [4.78, 5) is 0. The zero-order chi connectivity index (χ0) is 19.4. The molecule has 2 saturated heterocycles. The van der Waals surface area contributed by atoms with E-state index in [4.69, 9.17) is 18.3 Å². The zero-order valence-electron chi connectivity index (χ0n) is 18.2. The van der Waals surface area contributed by atoms with E-state index in [0.29, 0.717) is 6.61 Å². The van der Waals surface area contributed by atoms with E-state index in [1.165, 1.54) is 0 Å².